The molecule has 0 N–H and O–H groups in total. The van der Waals surface area contributed by atoms with Crippen LogP contribution in [0.4, 0.5) is 0 Å². The van der Waals surface area contributed by atoms with Crippen LogP contribution in [0.2, 0.25) is 0 Å². The predicted octanol–water partition coefficient (Wildman–Crippen LogP) is 8.76. The molecule has 0 aromatic rings. The summed E-state index contributed by atoms with van der Waals surface area (Å²) in [6.45, 7) is 20.9. The molecule has 5 fully saturated rings. The number of rotatable bonds is 1. The van der Waals surface area contributed by atoms with Crippen LogP contribution in [0.1, 0.15) is 119 Å². The van der Waals surface area contributed by atoms with E-state index in [9.17, 15) is 10.1 Å². The van der Waals surface area contributed by atoms with Crippen molar-refractivity contribution in [2.24, 2.45) is 56.7 Å². The lowest BCUT2D eigenvalue weighted by molar-refractivity contribution is -0.238. The van der Waals surface area contributed by atoms with Crippen LogP contribution < -0.4 is 0 Å². The van der Waals surface area contributed by atoms with Gasteiger partial charge in [-0.25, -0.2) is 0 Å². The molecule has 190 valence electrons. The first-order valence-corrected chi connectivity index (χ1v) is 14.4. The van der Waals surface area contributed by atoms with E-state index in [1.54, 1.807) is 6.08 Å². The zero-order valence-corrected chi connectivity index (χ0v) is 23.3. The van der Waals surface area contributed by atoms with Gasteiger partial charge >= 0.3 is 0 Å². The SMILES string of the molecule is C=CC.CC1CCC2(C)C(CCC3(C)C2CCC2C4CCCC4(C(=O)C#N)CC[C@]23C)C1(C)C. The third kappa shape index (κ3) is 3.20. The lowest BCUT2D eigenvalue weighted by Gasteiger charge is -2.72. The molecule has 0 spiro atoms. The molecule has 2 heteroatoms. The summed E-state index contributed by atoms with van der Waals surface area (Å²) in [5, 5.41) is 9.56. The maximum atomic E-state index is 12.9. The molecule has 0 heterocycles. The van der Waals surface area contributed by atoms with Crippen molar-refractivity contribution in [2.45, 2.75) is 119 Å². The first kappa shape index (κ1) is 26.0. The van der Waals surface area contributed by atoms with Crippen molar-refractivity contribution in [3.8, 4) is 6.07 Å². The first-order chi connectivity index (χ1) is 15.9. The molecule has 0 aromatic carbocycles. The van der Waals surface area contributed by atoms with Crippen molar-refractivity contribution in [1.29, 1.82) is 5.26 Å². The second kappa shape index (κ2) is 8.49. The zero-order chi connectivity index (χ0) is 25.2. The van der Waals surface area contributed by atoms with E-state index >= 15 is 0 Å². The van der Waals surface area contributed by atoms with Gasteiger partial charge in [0.05, 0.1) is 0 Å². The molecule has 9 atom stereocenters. The number of allylic oxidation sites excluding steroid dienone is 1. The maximum absolute atomic E-state index is 12.9. The summed E-state index contributed by atoms with van der Waals surface area (Å²) < 4.78 is 0. The van der Waals surface area contributed by atoms with E-state index in [1.807, 2.05) is 6.92 Å². The Kier molecular flexibility index (Phi) is 6.49. The normalized spacial score (nSPS) is 50.7. The molecule has 5 saturated carbocycles. The molecule has 0 aromatic heterocycles. The molecule has 34 heavy (non-hydrogen) atoms. The second-order valence-electron chi connectivity index (χ2n) is 14.4. The monoisotopic (exact) mass is 465 g/mol. The molecular formula is C32H51NO. The van der Waals surface area contributed by atoms with Gasteiger partial charge in [0.2, 0.25) is 5.78 Å². The Hall–Kier alpha value is -1.10. The zero-order valence-electron chi connectivity index (χ0n) is 23.3. The Balaban J connectivity index is 0.000000868. The van der Waals surface area contributed by atoms with Crippen molar-refractivity contribution < 1.29 is 4.79 Å². The predicted molar refractivity (Wildman–Crippen MR) is 141 cm³/mol. The quantitative estimate of drug-likeness (QED) is 0.287. The van der Waals surface area contributed by atoms with Crippen molar-refractivity contribution in [3.05, 3.63) is 12.7 Å². The molecule has 2 nitrogen and oxygen atoms in total. The van der Waals surface area contributed by atoms with Crippen molar-refractivity contribution >= 4 is 5.78 Å². The largest absolute Gasteiger partial charge is 0.282 e. The van der Waals surface area contributed by atoms with Crippen LogP contribution in [0.25, 0.3) is 0 Å². The van der Waals surface area contributed by atoms with E-state index in [4.69, 9.17) is 0 Å². The summed E-state index contributed by atoms with van der Waals surface area (Å²) in [6.07, 6.45) is 15.4. The fourth-order valence-corrected chi connectivity index (χ4v) is 11.3. The van der Waals surface area contributed by atoms with Gasteiger partial charge in [0.25, 0.3) is 0 Å². The lowest BCUT2D eigenvalue weighted by atomic mass is 9.32. The van der Waals surface area contributed by atoms with Gasteiger partial charge in [0.1, 0.15) is 6.07 Å². The van der Waals surface area contributed by atoms with Gasteiger partial charge in [-0.2, -0.15) is 5.26 Å². The van der Waals surface area contributed by atoms with Crippen LogP contribution in [-0.2, 0) is 4.79 Å². The summed E-state index contributed by atoms with van der Waals surface area (Å²) in [5.41, 5.74) is 1.31. The van der Waals surface area contributed by atoms with Gasteiger partial charge in [-0.3, -0.25) is 4.79 Å². The number of hydrogen-bond donors (Lipinski definition) is 0. The van der Waals surface area contributed by atoms with Crippen molar-refractivity contribution in [2.75, 3.05) is 0 Å². The van der Waals surface area contributed by atoms with Crippen LogP contribution >= 0.6 is 0 Å². The van der Waals surface area contributed by atoms with E-state index in [2.05, 4.69) is 54.2 Å². The van der Waals surface area contributed by atoms with Gasteiger partial charge < -0.3 is 0 Å². The number of carbonyl (C=O) groups is 1. The van der Waals surface area contributed by atoms with Crippen LogP contribution in [0.5, 0.6) is 0 Å². The van der Waals surface area contributed by atoms with Crippen LogP contribution in [0.15, 0.2) is 12.7 Å². The standard InChI is InChI=1S/C29H45NO.C3H6/c1-19-11-14-26(4)22(25(19,2)3)12-15-28(6)23(26)10-9-20-21-8-7-13-29(21,24(31)18-30)17-16-27(20,28)5;1-3-2/h19-23H,7-17H2,1-6H3;3H,1H2,2H3/t19?,20?,21?,22?,23?,26?,27-,28?,29?;/m1./s1. The molecule has 0 bridgehead atoms. The topological polar surface area (TPSA) is 40.9 Å². The average molecular weight is 466 g/mol. The first-order valence-electron chi connectivity index (χ1n) is 14.4. The van der Waals surface area contributed by atoms with E-state index < -0.39 is 0 Å². The summed E-state index contributed by atoms with van der Waals surface area (Å²) >= 11 is 0. The third-order valence-electron chi connectivity index (χ3n) is 13.5. The summed E-state index contributed by atoms with van der Waals surface area (Å²) in [5.74, 6) is 3.50. The second-order valence-corrected chi connectivity index (χ2v) is 14.4. The minimum absolute atomic E-state index is 0.0805. The Morgan fingerprint density at radius 3 is 2.18 bits per heavy atom. The molecule has 0 saturated heterocycles. The molecule has 5 aliphatic rings. The highest BCUT2D eigenvalue weighted by atomic mass is 16.1. The van der Waals surface area contributed by atoms with Crippen molar-refractivity contribution in [1.82, 2.24) is 0 Å². The molecule has 5 rings (SSSR count). The number of nitrogens with zero attached hydrogens (tertiary/aromatic N) is 1. The molecule has 8 unspecified atom stereocenters. The average Bonchev–Trinajstić information content (AvgIpc) is 3.22. The summed E-state index contributed by atoms with van der Waals surface area (Å²) in [4.78, 5) is 12.9. The fourth-order valence-electron chi connectivity index (χ4n) is 11.3. The number of fused-ring (bicyclic) bond motifs is 7. The minimum atomic E-state index is -0.300. The Bertz CT molecular complexity index is 867. The van der Waals surface area contributed by atoms with Gasteiger partial charge in [-0.1, -0.05) is 54.0 Å². The van der Waals surface area contributed by atoms with Crippen LogP contribution in [0.3, 0.4) is 0 Å². The van der Waals surface area contributed by atoms with Gasteiger partial charge in [0, 0.05) is 5.41 Å². The molecule has 0 aliphatic heterocycles. The number of ketones is 1. The minimum Gasteiger partial charge on any atom is -0.282 e. The number of nitriles is 1. The third-order valence-corrected chi connectivity index (χ3v) is 13.5. The molecule has 0 amide bonds. The molecule has 5 aliphatic carbocycles. The maximum Gasteiger partial charge on any atom is 0.238 e. The molecule has 0 radical (unpaired) electrons. The van der Waals surface area contributed by atoms with Crippen LogP contribution in [0, 0.1) is 68.0 Å². The highest BCUT2D eigenvalue weighted by Gasteiger charge is 2.70. The highest BCUT2D eigenvalue weighted by Crippen LogP contribution is 2.77. The van der Waals surface area contributed by atoms with E-state index in [-0.39, 0.29) is 11.2 Å². The smallest absolute Gasteiger partial charge is 0.238 e. The van der Waals surface area contributed by atoms with Gasteiger partial charge in [0.15, 0.2) is 0 Å². The Morgan fingerprint density at radius 1 is 0.853 bits per heavy atom. The van der Waals surface area contributed by atoms with E-state index in [1.165, 1.54) is 44.9 Å². The van der Waals surface area contributed by atoms with Crippen molar-refractivity contribution in [3.63, 3.8) is 0 Å². The Labute approximate surface area is 210 Å². The fraction of sp³-hybridized carbons (Fsp3) is 0.875. The van der Waals surface area contributed by atoms with Gasteiger partial charge in [-0.05, 0) is 122 Å². The number of carbonyl (C=O) groups excluding carboxylic acids is 1. The van der Waals surface area contributed by atoms with Gasteiger partial charge in [-0.15, -0.1) is 6.58 Å². The van der Waals surface area contributed by atoms with E-state index in [0.717, 1.165) is 43.4 Å². The summed E-state index contributed by atoms with van der Waals surface area (Å²) in [7, 11) is 0. The number of hydrogen-bond acceptors (Lipinski definition) is 2. The molecular weight excluding hydrogens is 414 g/mol. The summed E-state index contributed by atoms with van der Waals surface area (Å²) in [6, 6.07) is 2.09. The van der Waals surface area contributed by atoms with E-state index in [0.29, 0.717) is 33.5 Å². The Morgan fingerprint density at radius 2 is 1.53 bits per heavy atom. The number of Topliss-reactive ketones (excluding diaryl/α,β-unsaturated/α-hetero) is 1. The van der Waals surface area contributed by atoms with Crippen LogP contribution in [-0.4, -0.2) is 5.78 Å². The highest BCUT2D eigenvalue weighted by molar-refractivity contribution is 5.98. The lowest BCUT2D eigenvalue weighted by Crippen LogP contribution is -2.66.